The predicted molar refractivity (Wildman–Crippen MR) is 120 cm³/mol. The molecule has 148 valence electrons. The van der Waals surface area contributed by atoms with Gasteiger partial charge in [0.1, 0.15) is 0 Å². The number of aliphatic imine (C=N–C) groups is 1. The van der Waals surface area contributed by atoms with Gasteiger partial charge in [0.15, 0.2) is 17.0 Å². The van der Waals surface area contributed by atoms with Gasteiger partial charge in [-0.2, -0.15) is 0 Å². The van der Waals surface area contributed by atoms with Crippen molar-refractivity contribution in [3.63, 3.8) is 0 Å². The van der Waals surface area contributed by atoms with Gasteiger partial charge in [-0.25, -0.2) is 0 Å². The van der Waals surface area contributed by atoms with Crippen molar-refractivity contribution in [2.45, 2.75) is 52.6 Å². The van der Waals surface area contributed by atoms with Crippen LogP contribution in [0.2, 0.25) is 0 Å². The van der Waals surface area contributed by atoms with Gasteiger partial charge in [0.05, 0.1) is 19.9 Å². The van der Waals surface area contributed by atoms with Crippen LogP contribution in [0.15, 0.2) is 51.2 Å². The Morgan fingerprint density at radius 3 is 2.54 bits per heavy atom. The van der Waals surface area contributed by atoms with Crippen molar-refractivity contribution >= 4 is 35.4 Å². The van der Waals surface area contributed by atoms with Crippen molar-refractivity contribution in [3.8, 4) is 11.5 Å². The van der Waals surface area contributed by atoms with Crippen LogP contribution >= 0.6 is 23.5 Å². The number of benzene rings is 2. The molecule has 0 aromatic heterocycles. The summed E-state index contributed by atoms with van der Waals surface area (Å²) in [5.41, 5.74) is 2.32. The van der Waals surface area contributed by atoms with Gasteiger partial charge in [0.25, 0.3) is 0 Å². The molecule has 0 amide bonds. The zero-order valence-electron chi connectivity index (χ0n) is 16.3. The van der Waals surface area contributed by atoms with Gasteiger partial charge in [-0.1, -0.05) is 36.7 Å². The second kappa shape index (κ2) is 9.14. The van der Waals surface area contributed by atoms with E-state index in [0.29, 0.717) is 0 Å². The molecule has 0 saturated heterocycles. The van der Waals surface area contributed by atoms with Crippen LogP contribution in [0, 0.1) is 0 Å². The van der Waals surface area contributed by atoms with E-state index in [1.165, 1.54) is 36.1 Å². The van der Waals surface area contributed by atoms with E-state index in [9.17, 15) is 0 Å². The summed E-state index contributed by atoms with van der Waals surface area (Å²) in [6.07, 6.45) is 8.36. The summed E-state index contributed by atoms with van der Waals surface area (Å²) >= 11 is 3.73. The zero-order valence-corrected chi connectivity index (χ0v) is 17.9. The van der Waals surface area contributed by atoms with Crippen LogP contribution in [0.5, 0.6) is 11.5 Å². The number of methoxy groups -OCH3 is 2. The molecule has 6 heteroatoms. The summed E-state index contributed by atoms with van der Waals surface area (Å²) in [7, 11) is 3.31. The number of fused-ring (bicyclic) bond motifs is 1. The molecule has 1 N–H and O–H groups in total. The van der Waals surface area contributed by atoms with E-state index < -0.39 is 0 Å². The summed E-state index contributed by atoms with van der Waals surface area (Å²) in [6, 6.07) is 12.9. The molecule has 1 aliphatic carbocycles. The van der Waals surface area contributed by atoms with Crippen molar-refractivity contribution in [1.29, 1.82) is 0 Å². The molecular weight excluding hydrogens is 388 g/mol. The zero-order chi connectivity index (χ0) is 19.3. The van der Waals surface area contributed by atoms with Crippen LogP contribution in [-0.2, 0) is 6.42 Å². The number of nitrogens with one attached hydrogen (secondary N) is 1. The molecule has 0 radical (unpaired) electrons. The second-order valence-corrected chi connectivity index (χ2v) is 9.52. The van der Waals surface area contributed by atoms with E-state index in [1.807, 2.05) is 30.1 Å². The highest BCUT2D eigenvalue weighted by Gasteiger charge is 2.23. The van der Waals surface area contributed by atoms with E-state index in [0.717, 1.165) is 33.8 Å². The lowest BCUT2D eigenvalue weighted by Gasteiger charge is -2.09. The van der Waals surface area contributed by atoms with E-state index in [2.05, 4.69) is 34.6 Å². The summed E-state index contributed by atoms with van der Waals surface area (Å²) in [5, 5.41) is 4.24. The Labute approximate surface area is 175 Å². The molecule has 1 aliphatic heterocycles. The van der Waals surface area contributed by atoms with Crippen LogP contribution in [0.4, 0.5) is 5.69 Å². The van der Waals surface area contributed by atoms with Gasteiger partial charge in [-0.3, -0.25) is 4.99 Å². The SMILES string of the molecule is COc1cc2c(cc1OC)SC(/N=C/Cc1ccc(SC3CCCC3)cc1)N2. The fraction of sp³-hybridized carbons (Fsp3) is 0.409. The maximum absolute atomic E-state index is 5.38. The summed E-state index contributed by atoms with van der Waals surface area (Å²) < 4.78 is 10.8. The Morgan fingerprint density at radius 1 is 1.11 bits per heavy atom. The van der Waals surface area contributed by atoms with E-state index in [-0.39, 0.29) is 5.50 Å². The monoisotopic (exact) mass is 414 g/mol. The molecule has 1 unspecified atom stereocenters. The first kappa shape index (κ1) is 19.5. The van der Waals surface area contributed by atoms with Gasteiger partial charge in [0.2, 0.25) is 0 Å². The van der Waals surface area contributed by atoms with E-state index in [4.69, 9.17) is 9.47 Å². The van der Waals surface area contributed by atoms with Crippen molar-refractivity contribution in [2.24, 2.45) is 4.99 Å². The van der Waals surface area contributed by atoms with Crippen molar-refractivity contribution < 1.29 is 9.47 Å². The molecule has 2 aromatic rings. The minimum atomic E-state index is -0.0102. The normalized spacial score (nSPS) is 19.0. The van der Waals surface area contributed by atoms with Crippen LogP contribution in [0.25, 0.3) is 0 Å². The first-order chi connectivity index (χ1) is 13.7. The van der Waals surface area contributed by atoms with Crippen LogP contribution in [-0.4, -0.2) is 31.2 Å². The highest BCUT2D eigenvalue weighted by molar-refractivity contribution is 8.00. The maximum atomic E-state index is 5.38. The third kappa shape index (κ3) is 4.61. The third-order valence-corrected chi connectivity index (χ3v) is 7.50. The van der Waals surface area contributed by atoms with Gasteiger partial charge in [-0.15, -0.1) is 11.8 Å². The number of rotatable bonds is 7. The number of thioether (sulfide) groups is 2. The largest absolute Gasteiger partial charge is 0.493 e. The fourth-order valence-corrected chi connectivity index (χ4v) is 5.82. The Kier molecular flexibility index (Phi) is 6.37. The molecule has 1 fully saturated rings. The number of ether oxygens (including phenoxy) is 2. The third-order valence-electron chi connectivity index (χ3n) is 5.10. The molecule has 4 nitrogen and oxygen atoms in total. The molecule has 1 atom stereocenters. The van der Waals surface area contributed by atoms with Crippen LogP contribution < -0.4 is 14.8 Å². The van der Waals surface area contributed by atoms with Crippen molar-refractivity contribution in [1.82, 2.24) is 0 Å². The Hall–Kier alpha value is -1.79. The lowest BCUT2D eigenvalue weighted by molar-refractivity contribution is 0.354. The molecule has 2 aliphatic rings. The minimum absolute atomic E-state index is 0.0102. The number of anilines is 1. The van der Waals surface area contributed by atoms with E-state index >= 15 is 0 Å². The van der Waals surface area contributed by atoms with Gasteiger partial charge < -0.3 is 14.8 Å². The van der Waals surface area contributed by atoms with Gasteiger partial charge in [0, 0.05) is 33.7 Å². The Balaban J connectivity index is 1.31. The average Bonchev–Trinajstić information content (AvgIpc) is 3.37. The van der Waals surface area contributed by atoms with Crippen molar-refractivity contribution in [2.75, 3.05) is 19.5 Å². The number of hydrogen-bond acceptors (Lipinski definition) is 6. The smallest absolute Gasteiger partial charge is 0.170 e. The molecule has 0 bridgehead atoms. The quantitative estimate of drug-likeness (QED) is 0.575. The van der Waals surface area contributed by atoms with Gasteiger partial charge >= 0.3 is 0 Å². The molecule has 1 heterocycles. The molecule has 28 heavy (non-hydrogen) atoms. The fourth-order valence-electron chi connectivity index (χ4n) is 3.58. The predicted octanol–water partition coefficient (Wildman–Crippen LogP) is 5.85. The standard InChI is InChI=1S/C22H26N2O2S2/c1-25-19-13-18-21(14-20(19)26-2)28-22(24-18)23-12-11-15-7-9-17(10-8-15)27-16-5-3-4-6-16/h7-10,12-14,16,22,24H,3-6,11H2,1-2H3/b23-12+. The van der Waals surface area contributed by atoms with Crippen LogP contribution in [0.1, 0.15) is 31.2 Å². The minimum Gasteiger partial charge on any atom is -0.493 e. The summed E-state index contributed by atoms with van der Waals surface area (Å²) in [4.78, 5) is 7.21. The Bertz CT molecular complexity index is 800. The van der Waals surface area contributed by atoms with E-state index in [1.54, 1.807) is 26.0 Å². The highest BCUT2D eigenvalue weighted by atomic mass is 32.2. The molecule has 1 saturated carbocycles. The first-order valence-corrected chi connectivity index (χ1v) is 11.5. The van der Waals surface area contributed by atoms with Crippen LogP contribution in [0.3, 0.4) is 0 Å². The average molecular weight is 415 g/mol. The maximum Gasteiger partial charge on any atom is 0.170 e. The summed E-state index contributed by atoms with van der Waals surface area (Å²) in [6.45, 7) is 0. The Morgan fingerprint density at radius 2 is 1.82 bits per heavy atom. The molecular formula is C22H26N2O2S2. The highest BCUT2D eigenvalue weighted by Crippen LogP contribution is 2.45. The van der Waals surface area contributed by atoms with Crippen molar-refractivity contribution in [3.05, 3.63) is 42.0 Å². The molecule has 2 aromatic carbocycles. The number of nitrogens with zero attached hydrogens (tertiary/aromatic N) is 1. The topological polar surface area (TPSA) is 42.9 Å². The van der Waals surface area contributed by atoms with Gasteiger partial charge in [-0.05, 0) is 36.6 Å². The second-order valence-electron chi connectivity index (χ2n) is 7.02. The first-order valence-electron chi connectivity index (χ1n) is 9.71. The summed E-state index contributed by atoms with van der Waals surface area (Å²) in [5.74, 6) is 1.48. The number of hydrogen-bond donors (Lipinski definition) is 1. The molecule has 0 spiro atoms. The molecule has 4 rings (SSSR count). The lowest BCUT2D eigenvalue weighted by atomic mass is 10.2. The lowest BCUT2D eigenvalue weighted by Crippen LogP contribution is -2.07.